The lowest BCUT2D eigenvalue weighted by Crippen LogP contribution is -2.47. The highest BCUT2D eigenvalue weighted by atomic mass is 17.2. The van der Waals surface area contributed by atoms with Gasteiger partial charge in [-0.05, 0) is 0 Å². The molecule has 0 aromatic carbocycles. The Hall–Kier alpha value is -2.40. The fourth-order valence-electron chi connectivity index (χ4n) is 3.01. The summed E-state index contributed by atoms with van der Waals surface area (Å²) >= 11 is 0. The van der Waals surface area contributed by atoms with Crippen LogP contribution in [-0.4, -0.2) is 129 Å². The molecule has 0 N–H and O–H groups in total. The number of hydrogen-bond donors (Lipinski definition) is 0. The summed E-state index contributed by atoms with van der Waals surface area (Å²) in [7, 11) is 7.47. The van der Waals surface area contributed by atoms with E-state index in [0.29, 0.717) is 6.42 Å². The van der Waals surface area contributed by atoms with Gasteiger partial charge in [0.2, 0.25) is 0 Å². The third-order valence-corrected chi connectivity index (χ3v) is 4.99. The molecule has 0 bridgehead atoms. The highest BCUT2D eigenvalue weighted by Gasteiger charge is 2.31. The maximum Gasteiger partial charge on any atom is 0.335 e. The lowest BCUT2D eigenvalue weighted by atomic mass is 10.1. The van der Waals surface area contributed by atoms with Crippen molar-refractivity contribution >= 4 is 23.9 Å². The summed E-state index contributed by atoms with van der Waals surface area (Å²) in [5.41, 5.74) is 0. The first-order valence-corrected chi connectivity index (χ1v) is 11.4. The molecule has 3 unspecified atom stereocenters. The molecule has 15 nitrogen and oxygen atoms in total. The highest BCUT2D eigenvalue weighted by molar-refractivity contribution is 5.83. The summed E-state index contributed by atoms with van der Waals surface area (Å²) in [4.78, 5) is 68.7. The van der Waals surface area contributed by atoms with Crippen LogP contribution in [0.25, 0.3) is 0 Å². The van der Waals surface area contributed by atoms with E-state index in [9.17, 15) is 19.2 Å². The van der Waals surface area contributed by atoms with Gasteiger partial charge in [-0.3, -0.25) is 19.3 Å². The minimum atomic E-state index is -1.22. The van der Waals surface area contributed by atoms with Crippen molar-refractivity contribution in [2.45, 2.75) is 37.5 Å². The van der Waals surface area contributed by atoms with Gasteiger partial charge in [-0.2, -0.15) is 0 Å². The molecule has 0 radical (unpaired) electrons. The summed E-state index contributed by atoms with van der Waals surface area (Å²) in [6.45, 7) is 0.526. The summed E-state index contributed by atoms with van der Waals surface area (Å²) in [5.74, 6) is -2.75. The lowest BCUT2D eigenvalue weighted by Gasteiger charge is -2.30. The van der Waals surface area contributed by atoms with Gasteiger partial charge < -0.3 is 28.4 Å². The van der Waals surface area contributed by atoms with Gasteiger partial charge in [-0.25, -0.2) is 24.3 Å². The van der Waals surface area contributed by atoms with E-state index < -0.39 is 42.1 Å². The molecule has 15 heteroatoms. The zero-order valence-electron chi connectivity index (χ0n) is 22.3. The van der Waals surface area contributed by atoms with Crippen LogP contribution in [0.5, 0.6) is 0 Å². The summed E-state index contributed by atoms with van der Waals surface area (Å²) in [5, 5.41) is 0. The number of ether oxygens (including phenoxy) is 6. The minimum absolute atomic E-state index is 0.0564. The molecule has 216 valence electrons. The van der Waals surface area contributed by atoms with Crippen LogP contribution >= 0.6 is 0 Å². The summed E-state index contributed by atoms with van der Waals surface area (Å²) in [6, 6.07) is -1.03. The van der Waals surface area contributed by atoms with E-state index in [2.05, 4.69) is 19.2 Å². The standard InChI is InChI=1S/C22H39NO14/c1-28-19(24)13-17(21(26)30-3)23(8-11-34-16(15-37-33-6)7-10-36-32-5)9-12-35-18(22(27)31-4)14-20(25)29-2/h16-18H,7-15H2,1-6H3. The molecule has 0 amide bonds. The first kappa shape index (κ1) is 34.6. The second kappa shape index (κ2) is 21.7. The fourth-order valence-corrected chi connectivity index (χ4v) is 3.01. The van der Waals surface area contributed by atoms with E-state index >= 15 is 0 Å². The van der Waals surface area contributed by atoms with Crippen molar-refractivity contribution < 1.29 is 67.1 Å². The fraction of sp³-hybridized carbons (Fsp3) is 0.818. The van der Waals surface area contributed by atoms with Gasteiger partial charge in [-0.1, -0.05) is 0 Å². The number of hydrogen-bond acceptors (Lipinski definition) is 15. The van der Waals surface area contributed by atoms with Crippen molar-refractivity contribution in [1.29, 1.82) is 0 Å². The predicted molar refractivity (Wildman–Crippen MR) is 123 cm³/mol. The normalized spacial score (nSPS) is 13.5. The van der Waals surface area contributed by atoms with Crippen LogP contribution < -0.4 is 0 Å². The molecule has 37 heavy (non-hydrogen) atoms. The van der Waals surface area contributed by atoms with Gasteiger partial charge in [0.25, 0.3) is 0 Å². The van der Waals surface area contributed by atoms with Gasteiger partial charge in [0, 0.05) is 19.5 Å². The van der Waals surface area contributed by atoms with Gasteiger partial charge in [0.1, 0.15) is 12.6 Å². The van der Waals surface area contributed by atoms with Gasteiger partial charge in [0.15, 0.2) is 6.10 Å². The number of nitrogens with zero attached hydrogens (tertiary/aromatic N) is 1. The van der Waals surface area contributed by atoms with E-state index in [1.165, 1.54) is 35.5 Å². The van der Waals surface area contributed by atoms with Crippen LogP contribution in [0.1, 0.15) is 19.3 Å². The van der Waals surface area contributed by atoms with Crippen LogP contribution in [0, 0.1) is 0 Å². The van der Waals surface area contributed by atoms with E-state index in [1.807, 2.05) is 0 Å². The molecule has 0 fully saturated rings. The monoisotopic (exact) mass is 541 g/mol. The van der Waals surface area contributed by atoms with Crippen LogP contribution in [-0.2, 0) is 67.1 Å². The molecular formula is C22H39NO14. The van der Waals surface area contributed by atoms with Crippen molar-refractivity contribution in [3.05, 3.63) is 0 Å². The molecular weight excluding hydrogens is 502 g/mol. The Balaban J connectivity index is 5.43. The Morgan fingerprint density at radius 3 is 1.76 bits per heavy atom. The van der Waals surface area contributed by atoms with Crippen LogP contribution in [0.4, 0.5) is 0 Å². The molecule has 0 rings (SSSR count). The first-order valence-electron chi connectivity index (χ1n) is 11.4. The lowest BCUT2D eigenvalue weighted by molar-refractivity contribution is -0.297. The van der Waals surface area contributed by atoms with Crippen LogP contribution in [0.3, 0.4) is 0 Å². The SMILES string of the molecule is COOCCC(COOC)OCCN(CCOC(CC(=O)OC)C(=O)OC)C(CC(=O)OC)C(=O)OC. The zero-order valence-corrected chi connectivity index (χ0v) is 22.3. The average molecular weight is 542 g/mol. The van der Waals surface area contributed by atoms with Gasteiger partial charge in [-0.15, -0.1) is 0 Å². The van der Waals surface area contributed by atoms with E-state index in [0.717, 1.165) is 7.11 Å². The van der Waals surface area contributed by atoms with Gasteiger partial charge >= 0.3 is 23.9 Å². The number of carbonyl (C=O) groups excluding carboxylic acids is 4. The Morgan fingerprint density at radius 2 is 1.22 bits per heavy atom. The van der Waals surface area contributed by atoms with Gasteiger partial charge in [0.05, 0.1) is 81.4 Å². The predicted octanol–water partition coefficient (Wildman–Crippen LogP) is -0.554. The van der Waals surface area contributed by atoms with E-state index in [-0.39, 0.29) is 52.4 Å². The smallest absolute Gasteiger partial charge is 0.335 e. The summed E-state index contributed by atoms with van der Waals surface area (Å²) < 4.78 is 30.2. The number of esters is 4. The Morgan fingerprint density at radius 1 is 0.649 bits per heavy atom. The van der Waals surface area contributed by atoms with Crippen LogP contribution in [0.2, 0.25) is 0 Å². The molecule has 3 atom stereocenters. The second-order valence-corrected chi connectivity index (χ2v) is 7.24. The third-order valence-electron chi connectivity index (χ3n) is 4.99. The van der Waals surface area contributed by atoms with Crippen molar-refractivity contribution in [2.24, 2.45) is 0 Å². The molecule has 0 aliphatic carbocycles. The van der Waals surface area contributed by atoms with Crippen molar-refractivity contribution in [1.82, 2.24) is 4.90 Å². The number of rotatable bonds is 22. The molecule has 0 spiro atoms. The quantitative estimate of drug-likeness (QED) is 0.0563. The maximum absolute atomic E-state index is 12.5. The van der Waals surface area contributed by atoms with Crippen molar-refractivity contribution in [3.63, 3.8) is 0 Å². The molecule has 0 aromatic heterocycles. The molecule has 0 aliphatic heterocycles. The molecule has 0 aromatic rings. The molecule has 0 heterocycles. The van der Waals surface area contributed by atoms with Crippen molar-refractivity contribution in [3.8, 4) is 0 Å². The minimum Gasteiger partial charge on any atom is -0.469 e. The van der Waals surface area contributed by atoms with E-state index in [1.54, 1.807) is 4.90 Å². The number of methoxy groups -OCH3 is 4. The third kappa shape index (κ3) is 15.5. The first-order chi connectivity index (χ1) is 17.8. The zero-order chi connectivity index (χ0) is 28.1. The second-order valence-electron chi connectivity index (χ2n) is 7.24. The number of carbonyl (C=O) groups is 4. The maximum atomic E-state index is 12.5. The topological polar surface area (TPSA) is 164 Å². The molecule has 0 saturated heterocycles. The average Bonchev–Trinajstić information content (AvgIpc) is 2.91. The largest absolute Gasteiger partial charge is 0.469 e. The Kier molecular flexibility index (Phi) is 20.3. The van der Waals surface area contributed by atoms with E-state index in [4.69, 9.17) is 28.7 Å². The highest BCUT2D eigenvalue weighted by Crippen LogP contribution is 2.11. The Bertz CT molecular complexity index is 661. The Labute approximate surface area is 216 Å². The molecule has 0 saturated carbocycles. The molecule has 0 aliphatic rings. The van der Waals surface area contributed by atoms with Crippen molar-refractivity contribution in [2.75, 3.05) is 82.2 Å². The summed E-state index contributed by atoms with van der Waals surface area (Å²) in [6.07, 6.45) is -1.90. The van der Waals surface area contributed by atoms with Crippen LogP contribution in [0.15, 0.2) is 0 Å².